The Morgan fingerprint density at radius 3 is 2.47 bits per heavy atom. The Kier molecular flexibility index (Phi) is 6.01. The van der Waals surface area contributed by atoms with Gasteiger partial charge in [-0.2, -0.15) is 0 Å². The highest BCUT2D eigenvalue weighted by atomic mass is 79.9. The van der Waals surface area contributed by atoms with Crippen LogP contribution in [0.3, 0.4) is 0 Å². The zero-order valence-electron chi connectivity index (χ0n) is 11.9. The van der Waals surface area contributed by atoms with Crippen molar-refractivity contribution in [3.63, 3.8) is 0 Å². The van der Waals surface area contributed by atoms with Gasteiger partial charge in [0, 0.05) is 10.0 Å². The number of rotatable bonds is 6. The van der Waals surface area contributed by atoms with E-state index in [4.69, 9.17) is 5.73 Å². The minimum Gasteiger partial charge on any atom is -0.350 e. The molecule has 0 bridgehead atoms. The lowest BCUT2D eigenvalue weighted by Crippen LogP contribution is -2.51. The monoisotopic (exact) mass is 326 g/mol. The fourth-order valence-corrected chi connectivity index (χ4v) is 2.29. The molecule has 1 aromatic carbocycles. The first-order valence-electron chi connectivity index (χ1n) is 6.66. The van der Waals surface area contributed by atoms with Gasteiger partial charge < -0.3 is 11.1 Å². The molecule has 0 saturated heterocycles. The summed E-state index contributed by atoms with van der Waals surface area (Å²) >= 11 is 3.42. The molecule has 3 nitrogen and oxygen atoms in total. The topological polar surface area (TPSA) is 55.1 Å². The second-order valence-electron chi connectivity index (χ2n) is 5.57. The van der Waals surface area contributed by atoms with E-state index in [0.29, 0.717) is 0 Å². The van der Waals surface area contributed by atoms with Crippen molar-refractivity contribution in [1.29, 1.82) is 0 Å². The van der Waals surface area contributed by atoms with E-state index in [2.05, 4.69) is 33.4 Å². The molecule has 1 atom stereocenters. The second-order valence-corrected chi connectivity index (χ2v) is 6.49. The largest absolute Gasteiger partial charge is 0.350 e. The normalized spacial score (nSPS) is 13.1. The van der Waals surface area contributed by atoms with Crippen molar-refractivity contribution in [3.05, 3.63) is 34.3 Å². The van der Waals surface area contributed by atoms with Crippen LogP contribution in [0.15, 0.2) is 28.7 Å². The minimum absolute atomic E-state index is 0.0658. The van der Waals surface area contributed by atoms with Crippen LogP contribution in [0.2, 0.25) is 0 Å². The average Bonchev–Trinajstić information content (AvgIpc) is 2.31. The van der Waals surface area contributed by atoms with E-state index in [9.17, 15) is 4.79 Å². The van der Waals surface area contributed by atoms with E-state index in [1.54, 1.807) is 0 Å². The highest BCUT2D eigenvalue weighted by molar-refractivity contribution is 9.10. The zero-order chi connectivity index (χ0) is 14.5. The van der Waals surface area contributed by atoms with E-state index in [1.807, 2.05) is 32.9 Å². The standard InChI is InChI=1S/C15H23BrN2O/c1-4-5-13(17)14(19)18-15(2,3)10-11-6-8-12(16)9-7-11/h6-9,13H,4-5,10,17H2,1-3H3,(H,18,19). The van der Waals surface area contributed by atoms with Gasteiger partial charge in [0.2, 0.25) is 5.91 Å². The van der Waals surface area contributed by atoms with Crippen molar-refractivity contribution in [2.75, 3.05) is 0 Å². The Bertz CT molecular complexity index is 415. The smallest absolute Gasteiger partial charge is 0.237 e. The first kappa shape index (κ1) is 16.2. The summed E-state index contributed by atoms with van der Waals surface area (Å²) in [6.07, 6.45) is 2.42. The van der Waals surface area contributed by atoms with E-state index < -0.39 is 6.04 Å². The number of amides is 1. The molecule has 4 heteroatoms. The lowest BCUT2D eigenvalue weighted by Gasteiger charge is -2.28. The van der Waals surface area contributed by atoms with Gasteiger partial charge >= 0.3 is 0 Å². The molecule has 0 saturated carbocycles. The quantitative estimate of drug-likeness (QED) is 0.844. The number of hydrogen-bond acceptors (Lipinski definition) is 2. The Balaban J connectivity index is 2.60. The molecule has 0 aliphatic carbocycles. The molecule has 0 radical (unpaired) electrons. The van der Waals surface area contributed by atoms with Crippen molar-refractivity contribution in [2.24, 2.45) is 5.73 Å². The van der Waals surface area contributed by atoms with Gasteiger partial charge in [0.25, 0.3) is 0 Å². The molecule has 0 aliphatic rings. The lowest BCUT2D eigenvalue weighted by atomic mass is 9.94. The van der Waals surface area contributed by atoms with Crippen LogP contribution in [-0.2, 0) is 11.2 Å². The van der Waals surface area contributed by atoms with E-state index in [0.717, 1.165) is 23.7 Å². The molecule has 0 fully saturated rings. The van der Waals surface area contributed by atoms with Gasteiger partial charge in [0.05, 0.1) is 6.04 Å². The second kappa shape index (κ2) is 7.06. The number of carbonyl (C=O) groups excluding carboxylic acids is 1. The van der Waals surface area contributed by atoms with Crippen LogP contribution >= 0.6 is 15.9 Å². The number of hydrogen-bond donors (Lipinski definition) is 2. The highest BCUT2D eigenvalue weighted by Gasteiger charge is 2.23. The summed E-state index contributed by atoms with van der Waals surface area (Å²) in [6.45, 7) is 6.07. The van der Waals surface area contributed by atoms with Gasteiger partial charge in [-0.25, -0.2) is 0 Å². The van der Waals surface area contributed by atoms with Crippen LogP contribution < -0.4 is 11.1 Å². The average molecular weight is 327 g/mol. The Morgan fingerprint density at radius 2 is 1.95 bits per heavy atom. The molecule has 0 spiro atoms. The van der Waals surface area contributed by atoms with Crippen LogP contribution in [0, 0.1) is 0 Å². The summed E-state index contributed by atoms with van der Waals surface area (Å²) < 4.78 is 1.06. The summed E-state index contributed by atoms with van der Waals surface area (Å²) in [5.41, 5.74) is 6.73. The van der Waals surface area contributed by atoms with Crippen LogP contribution in [0.5, 0.6) is 0 Å². The number of nitrogens with one attached hydrogen (secondary N) is 1. The predicted molar refractivity (Wildman–Crippen MR) is 83.0 cm³/mol. The zero-order valence-corrected chi connectivity index (χ0v) is 13.5. The number of benzene rings is 1. The van der Waals surface area contributed by atoms with Crippen molar-refractivity contribution >= 4 is 21.8 Å². The molecule has 0 heterocycles. The number of carbonyl (C=O) groups is 1. The Hall–Kier alpha value is -0.870. The molecule has 1 rings (SSSR count). The molecule has 0 aromatic heterocycles. The summed E-state index contributed by atoms with van der Waals surface area (Å²) in [7, 11) is 0. The van der Waals surface area contributed by atoms with Crippen LogP contribution in [0.25, 0.3) is 0 Å². The molecular weight excluding hydrogens is 304 g/mol. The number of nitrogens with two attached hydrogens (primary N) is 1. The Morgan fingerprint density at radius 1 is 1.37 bits per heavy atom. The molecular formula is C15H23BrN2O. The maximum absolute atomic E-state index is 11.9. The van der Waals surface area contributed by atoms with Crippen molar-refractivity contribution in [3.8, 4) is 0 Å². The molecule has 1 aromatic rings. The van der Waals surface area contributed by atoms with Crippen molar-refractivity contribution in [2.45, 2.75) is 51.6 Å². The molecule has 0 aliphatic heterocycles. The van der Waals surface area contributed by atoms with Crippen LogP contribution in [0.4, 0.5) is 0 Å². The van der Waals surface area contributed by atoms with Gasteiger partial charge in [-0.3, -0.25) is 4.79 Å². The third-order valence-electron chi connectivity index (χ3n) is 2.96. The molecule has 3 N–H and O–H groups in total. The van der Waals surface area contributed by atoms with E-state index in [-0.39, 0.29) is 11.4 Å². The lowest BCUT2D eigenvalue weighted by molar-refractivity contribution is -0.124. The predicted octanol–water partition coefficient (Wildman–Crippen LogP) is 3.01. The minimum atomic E-state index is -0.408. The van der Waals surface area contributed by atoms with Gasteiger partial charge in [-0.1, -0.05) is 41.4 Å². The fourth-order valence-electron chi connectivity index (χ4n) is 2.03. The van der Waals surface area contributed by atoms with Crippen molar-refractivity contribution < 1.29 is 4.79 Å². The maximum atomic E-state index is 11.9. The first-order valence-corrected chi connectivity index (χ1v) is 7.45. The molecule has 1 amide bonds. The first-order chi connectivity index (χ1) is 8.84. The number of halogens is 1. The SMILES string of the molecule is CCCC(N)C(=O)NC(C)(C)Cc1ccc(Br)cc1. The molecule has 19 heavy (non-hydrogen) atoms. The van der Waals surface area contributed by atoms with Gasteiger partial charge in [0.1, 0.15) is 0 Å². The van der Waals surface area contributed by atoms with Crippen LogP contribution in [0.1, 0.15) is 39.2 Å². The van der Waals surface area contributed by atoms with Gasteiger partial charge in [0.15, 0.2) is 0 Å². The summed E-state index contributed by atoms with van der Waals surface area (Å²) in [4.78, 5) is 11.9. The third-order valence-corrected chi connectivity index (χ3v) is 3.49. The highest BCUT2D eigenvalue weighted by Crippen LogP contribution is 2.16. The van der Waals surface area contributed by atoms with Gasteiger partial charge in [-0.05, 0) is 44.4 Å². The third kappa shape index (κ3) is 5.74. The van der Waals surface area contributed by atoms with Crippen LogP contribution in [-0.4, -0.2) is 17.5 Å². The van der Waals surface area contributed by atoms with Gasteiger partial charge in [-0.15, -0.1) is 0 Å². The molecule has 1 unspecified atom stereocenters. The Labute approximate surface area is 124 Å². The maximum Gasteiger partial charge on any atom is 0.237 e. The molecule has 106 valence electrons. The van der Waals surface area contributed by atoms with Crippen molar-refractivity contribution in [1.82, 2.24) is 5.32 Å². The summed E-state index contributed by atoms with van der Waals surface area (Å²) in [5, 5.41) is 3.03. The summed E-state index contributed by atoms with van der Waals surface area (Å²) in [5.74, 6) is -0.0658. The van der Waals surface area contributed by atoms with E-state index >= 15 is 0 Å². The summed E-state index contributed by atoms with van der Waals surface area (Å²) in [6, 6.07) is 7.73. The fraction of sp³-hybridized carbons (Fsp3) is 0.533. The van der Waals surface area contributed by atoms with E-state index in [1.165, 1.54) is 5.56 Å².